The number of aliphatic hydroxyl groups excluding tert-OH is 2. The first-order chi connectivity index (χ1) is 45.2. The van der Waals surface area contributed by atoms with Crippen LogP contribution in [0.25, 0.3) is 0 Å². The highest BCUT2D eigenvalue weighted by Crippen LogP contribution is 2.45. The molecule has 4 N–H and O–H groups in total. The van der Waals surface area contributed by atoms with Gasteiger partial charge in [-0.3, -0.25) is 32.5 Å². The van der Waals surface area contributed by atoms with Gasteiger partial charge >= 0.3 is 33.6 Å². The van der Waals surface area contributed by atoms with Gasteiger partial charge in [0.2, 0.25) is 0 Å². The van der Waals surface area contributed by atoms with E-state index < -0.39 is 91.5 Å². The molecule has 18 heteroatoms. The Labute approximate surface area is 567 Å². The summed E-state index contributed by atoms with van der Waals surface area (Å²) in [6.45, 7) is 2.68. The molecule has 0 radical (unpaired) electrons. The lowest BCUT2D eigenvalue weighted by atomic mass is 10.0. The van der Waals surface area contributed by atoms with Crippen LogP contribution in [-0.2, 0) is 55.8 Å². The predicted octanol–water partition coefficient (Wildman–Crippen LogP) is 21.3. The van der Waals surface area contributed by atoms with Crippen molar-refractivity contribution >= 4 is 33.6 Å². The third kappa shape index (κ3) is 70.4. The molecule has 93 heavy (non-hydrogen) atoms. The lowest BCUT2D eigenvalue weighted by molar-refractivity contribution is -0.161. The van der Waals surface area contributed by atoms with Crippen molar-refractivity contribution in [3.05, 3.63) is 60.8 Å². The molecule has 544 valence electrons. The van der Waals surface area contributed by atoms with Crippen LogP contribution in [0.4, 0.5) is 0 Å². The molecule has 0 bridgehead atoms. The summed E-state index contributed by atoms with van der Waals surface area (Å²) in [5.74, 6) is -1.57. The SMILES string of the molecule is CCCCC/C=C\C/C=C\C/C=C\C/C=C\CCCCCCCCCCCCCCCC(=O)OCC(O)COP(=O)(O)OCC(O)COP(=O)(O)OCC(COC(=O)CCCCCCC/C=C\CCCCCCCC)OC(=O)CCCCCCCCCCCCCCC. The van der Waals surface area contributed by atoms with Crippen molar-refractivity contribution in [1.82, 2.24) is 0 Å². The minimum Gasteiger partial charge on any atom is -0.463 e. The topological polar surface area (TPSA) is 231 Å². The van der Waals surface area contributed by atoms with Gasteiger partial charge in [0.1, 0.15) is 25.4 Å². The molecule has 0 aromatic carbocycles. The maximum absolute atomic E-state index is 12.9. The fourth-order valence-corrected chi connectivity index (χ4v) is 12.0. The van der Waals surface area contributed by atoms with Crippen LogP contribution in [0.5, 0.6) is 0 Å². The first kappa shape index (κ1) is 90.2. The highest BCUT2D eigenvalue weighted by atomic mass is 31.2. The van der Waals surface area contributed by atoms with Crippen molar-refractivity contribution < 1.29 is 75.8 Å². The van der Waals surface area contributed by atoms with E-state index in [9.17, 15) is 43.5 Å². The zero-order valence-corrected chi connectivity index (χ0v) is 61.0. The summed E-state index contributed by atoms with van der Waals surface area (Å²) in [4.78, 5) is 58.4. The van der Waals surface area contributed by atoms with Gasteiger partial charge in [0.15, 0.2) is 6.10 Å². The van der Waals surface area contributed by atoms with Gasteiger partial charge in [-0.15, -0.1) is 0 Å². The monoisotopic (exact) mass is 1360 g/mol. The molecule has 0 aliphatic rings. The first-order valence-corrected chi connectivity index (χ1v) is 40.6. The number of carbonyl (C=O) groups is 3. The van der Waals surface area contributed by atoms with Crippen LogP contribution >= 0.6 is 15.6 Å². The molecular weight excluding hydrogens is 1220 g/mol. The molecule has 16 nitrogen and oxygen atoms in total. The third-order valence-corrected chi connectivity index (χ3v) is 18.1. The first-order valence-electron chi connectivity index (χ1n) is 37.6. The Bertz CT molecular complexity index is 1940. The Morgan fingerprint density at radius 1 is 0.301 bits per heavy atom. The second kappa shape index (κ2) is 69.2. The largest absolute Gasteiger partial charge is 0.472 e. The van der Waals surface area contributed by atoms with Gasteiger partial charge in [-0.25, -0.2) is 9.13 Å². The van der Waals surface area contributed by atoms with Crippen LogP contribution in [0.3, 0.4) is 0 Å². The van der Waals surface area contributed by atoms with E-state index in [2.05, 4.69) is 81.5 Å². The predicted molar refractivity (Wildman–Crippen MR) is 381 cm³/mol. The number of unbranched alkanes of at least 4 members (excludes halogenated alkanes) is 39. The van der Waals surface area contributed by atoms with E-state index in [0.717, 1.165) is 109 Å². The molecule has 0 saturated carbocycles. The summed E-state index contributed by atoms with van der Waals surface area (Å²) in [5, 5.41) is 20.6. The number of carbonyl (C=O) groups excluding carboxylic acids is 3. The molecule has 0 heterocycles. The van der Waals surface area contributed by atoms with Crippen molar-refractivity contribution in [2.75, 3.05) is 39.6 Å². The average Bonchev–Trinajstić information content (AvgIpc) is 2.91. The number of rotatable bonds is 72. The third-order valence-electron chi connectivity index (χ3n) is 16.2. The Balaban J connectivity index is 4.42. The minimum atomic E-state index is -4.92. The summed E-state index contributed by atoms with van der Waals surface area (Å²) >= 11 is 0. The molecule has 5 unspecified atom stereocenters. The van der Waals surface area contributed by atoms with Gasteiger partial charge in [0.05, 0.1) is 26.4 Å². The van der Waals surface area contributed by atoms with Gasteiger partial charge in [-0.05, 0) is 89.9 Å². The van der Waals surface area contributed by atoms with E-state index in [0.29, 0.717) is 19.3 Å². The summed E-state index contributed by atoms with van der Waals surface area (Å²) in [6, 6.07) is 0. The molecule has 0 aromatic heterocycles. The van der Waals surface area contributed by atoms with E-state index in [1.54, 1.807) is 0 Å². The van der Waals surface area contributed by atoms with Crippen LogP contribution in [0, 0.1) is 0 Å². The summed E-state index contributed by atoms with van der Waals surface area (Å²) in [6.07, 6.45) is 72.8. The van der Waals surface area contributed by atoms with E-state index in [1.807, 2.05) is 0 Å². The lowest BCUT2D eigenvalue weighted by Crippen LogP contribution is -2.30. The molecule has 0 aliphatic carbocycles. The summed E-state index contributed by atoms with van der Waals surface area (Å²) < 4.78 is 61.0. The van der Waals surface area contributed by atoms with Crippen molar-refractivity contribution in [2.24, 2.45) is 0 Å². The quantitative estimate of drug-likeness (QED) is 0.0146. The van der Waals surface area contributed by atoms with Crippen LogP contribution in [0.15, 0.2) is 60.8 Å². The molecule has 5 atom stereocenters. The number of aliphatic hydroxyl groups is 2. The number of phosphoric acid groups is 2. The van der Waals surface area contributed by atoms with Crippen molar-refractivity contribution in [3.8, 4) is 0 Å². The van der Waals surface area contributed by atoms with Crippen LogP contribution < -0.4 is 0 Å². The molecule has 0 aromatic rings. The second-order valence-corrected chi connectivity index (χ2v) is 28.4. The zero-order valence-electron chi connectivity index (χ0n) is 59.2. The Morgan fingerprint density at radius 2 is 0.538 bits per heavy atom. The highest BCUT2D eigenvalue weighted by Gasteiger charge is 2.29. The fraction of sp³-hybridized carbons (Fsp3) is 0.827. The van der Waals surface area contributed by atoms with E-state index in [1.165, 1.54) is 173 Å². The maximum atomic E-state index is 12.9. The molecule has 0 aliphatic heterocycles. The van der Waals surface area contributed by atoms with Crippen LogP contribution in [-0.4, -0.2) is 95.9 Å². The summed E-state index contributed by atoms with van der Waals surface area (Å²) in [5.41, 5.74) is 0. The number of ether oxygens (including phenoxy) is 3. The average molecular weight is 1360 g/mol. The Morgan fingerprint density at radius 3 is 0.882 bits per heavy atom. The van der Waals surface area contributed by atoms with E-state index in [-0.39, 0.29) is 19.3 Å². The maximum Gasteiger partial charge on any atom is 0.472 e. The highest BCUT2D eigenvalue weighted by molar-refractivity contribution is 7.47. The zero-order chi connectivity index (χ0) is 68.1. The number of hydrogen-bond acceptors (Lipinski definition) is 14. The Hall–Kier alpha value is -2.75. The van der Waals surface area contributed by atoms with Gasteiger partial charge in [0.25, 0.3) is 0 Å². The van der Waals surface area contributed by atoms with Gasteiger partial charge in [-0.2, -0.15) is 0 Å². The fourth-order valence-electron chi connectivity index (χ4n) is 10.4. The molecule has 0 fully saturated rings. The van der Waals surface area contributed by atoms with Crippen LogP contribution in [0.2, 0.25) is 0 Å². The standard InChI is InChI=1S/C75H138O16P2/c1-4-7-10-13-16-19-22-25-27-28-29-30-31-32-33-34-35-36-37-38-39-40-42-45-46-49-52-55-58-61-73(78)85-64-70(76)65-87-92(81,82)88-66-71(77)67-89-93(83,84)90-69-72(91-75(80)63-60-57-54-51-48-43-24-21-18-15-12-9-6-3)68-86-74(79)62-59-56-53-50-47-44-41-26-23-20-17-14-11-8-5-2/h16,19,25-27,29-30,32-33,41,70-72,76-77H,4-15,17-18,20-24,28,31,34-40,42-69H2,1-3H3,(H,81,82)(H,83,84)/b19-16-,27-25-,30-29-,33-32-,41-26-. The molecule has 0 amide bonds. The van der Waals surface area contributed by atoms with Crippen LogP contribution in [0.1, 0.15) is 342 Å². The molecule has 0 saturated heterocycles. The Kier molecular flexibility index (Phi) is 67.1. The lowest BCUT2D eigenvalue weighted by Gasteiger charge is -2.21. The number of esters is 3. The summed E-state index contributed by atoms with van der Waals surface area (Å²) in [7, 11) is -9.76. The van der Waals surface area contributed by atoms with E-state index >= 15 is 0 Å². The molecule has 0 rings (SSSR count). The molecular formula is C75H138O16P2. The number of phosphoric ester groups is 2. The van der Waals surface area contributed by atoms with Gasteiger partial charge < -0.3 is 34.2 Å². The van der Waals surface area contributed by atoms with Gasteiger partial charge in [-0.1, -0.05) is 293 Å². The number of allylic oxidation sites excluding steroid dienone is 10. The van der Waals surface area contributed by atoms with Crippen molar-refractivity contribution in [1.29, 1.82) is 0 Å². The molecule has 0 spiro atoms. The van der Waals surface area contributed by atoms with Gasteiger partial charge in [0, 0.05) is 19.3 Å². The second-order valence-electron chi connectivity index (χ2n) is 25.5. The normalized spacial score (nSPS) is 14.4. The van der Waals surface area contributed by atoms with E-state index in [4.69, 9.17) is 32.3 Å². The van der Waals surface area contributed by atoms with Crippen molar-refractivity contribution in [2.45, 2.75) is 360 Å². The number of hydrogen-bond donors (Lipinski definition) is 4. The smallest absolute Gasteiger partial charge is 0.463 e. The van der Waals surface area contributed by atoms with Crippen molar-refractivity contribution in [3.63, 3.8) is 0 Å². The minimum absolute atomic E-state index is 0.110.